The van der Waals surface area contributed by atoms with Gasteiger partial charge in [-0.3, -0.25) is 0 Å². The van der Waals surface area contributed by atoms with Gasteiger partial charge in [-0.05, 0) is 34.7 Å². The first-order valence-electron chi connectivity index (χ1n) is 3.63. The maximum Gasteiger partial charge on any atom is 0.416 e. The number of nitrogens with two attached hydrogens (primary N) is 1. The van der Waals surface area contributed by atoms with Crippen LogP contribution < -0.4 is 5.73 Å². The van der Waals surface area contributed by atoms with Crippen LogP contribution in [-0.2, 0) is 6.18 Å². The van der Waals surface area contributed by atoms with Crippen molar-refractivity contribution in [2.45, 2.75) is 6.18 Å². The lowest BCUT2D eigenvalue weighted by molar-refractivity contribution is -0.137. The molecule has 0 atom stereocenters. The van der Waals surface area contributed by atoms with E-state index in [1.165, 1.54) is 0 Å². The summed E-state index contributed by atoms with van der Waals surface area (Å²) in [7, 11) is 0. The van der Waals surface area contributed by atoms with Crippen molar-refractivity contribution in [1.29, 1.82) is 0 Å². The van der Waals surface area contributed by atoms with Crippen molar-refractivity contribution in [3.05, 3.63) is 26.8 Å². The van der Waals surface area contributed by atoms with E-state index in [4.69, 9.17) is 10.8 Å². The van der Waals surface area contributed by atoms with Crippen molar-refractivity contribution >= 4 is 34.2 Å². The summed E-state index contributed by atoms with van der Waals surface area (Å²) >= 11 is 1.56. The van der Waals surface area contributed by atoms with Gasteiger partial charge in [0.05, 0.1) is 16.8 Å². The number of carboxylic acid groups (broad SMARTS) is 1. The van der Waals surface area contributed by atoms with Crippen LogP contribution in [0.1, 0.15) is 15.9 Å². The first-order chi connectivity index (χ1) is 6.73. The van der Waals surface area contributed by atoms with Gasteiger partial charge < -0.3 is 10.8 Å². The highest BCUT2D eigenvalue weighted by Gasteiger charge is 2.32. The number of alkyl halides is 3. The molecule has 0 radical (unpaired) electrons. The fourth-order valence-corrected chi connectivity index (χ4v) is 1.58. The molecule has 0 saturated heterocycles. The zero-order valence-corrected chi connectivity index (χ0v) is 9.26. The van der Waals surface area contributed by atoms with Crippen LogP contribution in [0.3, 0.4) is 0 Å². The largest absolute Gasteiger partial charge is 0.478 e. The minimum Gasteiger partial charge on any atom is -0.478 e. The SMILES string of the molecule is Nc1c(I)cc(C(F)(F)F)cc1C(=O)O. The molecule has 0 heterocycles. The number of rotatable bonds is 1. The molecule has 0 bridgehead atoms. The normalized spacial score (nSPS) is 11.5. The van der Waals surface area contributed by atoms with Gasteiger partial charge in [-0.1, -0.05) is 0 Å². The molecule has 1 aromatic rings. The van der Waals surface area contributed by atoms with E-state index < -0.39 is 23.3 Å². The lowest BCUT2D eigenvalue weighted by Crippen LogP contribution is -2.11. The molecule has 0 spiro atoms. The molecule has 3 nitrogen and oxygen atoms in total. The van der Waals surface area contributed by atoms with E-state index in [0.717, 1.165) is 6.07 Å². The summed E-state index contributed by atoms with van der Waals surface area (Å²) in [6.45, 7) is 0. The molecule has 3 N–H and O–H groups in total. The predicted molar refractivity (Wildman–Crippen MR) is 55.5 cm³/mol. The summed E-state index contributed by atoms with van der Waals surface area (Å²) in [6.07, 6.45) is -4.57. The van der Waals surface area contributed by atoms with Gasteiger partial charge in [0.25, 0.3) is 0 Å². The maximum atomic E-state index is 12.3. The van der Waals surface area contributed by atoms with Crippen molar-refractivity contribution in [2.24, 2.45) is 0 Å². The Morgan fingerprint density at radius 3 is 2.33 bits per heavy atom. The highest BCUT2D eigenvalue weighted by atomic mass is 127. The quantitative estimate of drug-likeness (QED) is 0.614. The van der Waals surface area contributed by atoms with E-state index in [9.17, 15) is 18.0 Å². The van der Waals surface area contributed by atoms with E-state index in [2.05, 4.69) is 0 Å². The molecule has 0 unspecified atom stereocenters. The van der Waals surface area contributed by atoms with E-state index in [-0.39, 0.29) is 9.26 Å². The Bertz CT molecular complexity index is 417. The number of hydrogen-bond acceptors (Lipinski definition) is 2. The molecule has 1 aromatic carbocycles. The number of benzene rings is 1. The summed E-state index contributed by atoms with van der Waals surface area (Å²) in [5, 5.41) is 8.63. The van der Waals surface area contributed by atoms with E-state index >= 15 is 0 Å². The van der Waals surface area contributed by atoms with Gasteiger partial charge in [0.1, 0.15) is 0 Å². The van der Waals surface area contributed by atoms with Crippen molar-refractivity contribution in [2.75, 3.05) is 5.73 Å². The van der Waals surface area contributed by atoms with E-state index in [1.54, 1.807) is 22.6 Å². The minimum absolute atomic E-state index is 0.0693. The summed E-state index contributed by atoms with van der Waals surface area (Å²) in [6, 6.07) is 1.34. The molecule has 7 heteroatoms. The third-order valence-corrected chi connectivity index (χ3v) is 2.58. The summed E-state index contributed by atoms with van der Waals surface area (Å²) in [4.78, 5) is 10.6. The van der Waals surface area contributed by atoms with E-state index in [1.807, 2.05) is 0 Å². The predicted octanol–water partition coefficient (Wildman–Crippen LogP) is 2.59. The lowest BCUT2D eigenvalue weighted by atomic mass is 10.1. The minimum atomic E-state index is -4.57. The number of carboxylic acids is 1. The van der Waals surface area contributed by atoms with Crippen molar-refractivity contribution in [3.8, 4) is 0 Å². The van der Waals surface area contributed by atoms with Crippen LogP contribution in [-0.4, -0.2) is 11.1 Å². The number of halogens is 4. The van der Waals surface area contributed by atoms with Crippen LogP contribution in [0.15, 0.2) is 12.1 Å². The molecule has 0 amide bonds. The molecule has 15 heavy (non-hydrogen) atoms. The first kappa shape index (κ1) is 12.1. The molecule has 0 aliphatic carbocycles. The summed E-state index contributed by atoms with van der Waals surface area (Å²) in [5.41, 5.74) is 3.64. The zero-order chi connectivity index (χ0) is 11.8. The van der Waals surface area contributed by atoms with Crippen LogP contribution in [0, 0.1) is 3.57 Å². The second-order valence-electron chi connectivity index (χ2n) is 2.72. The monoisotopic (exact) mass is 331 g/mol. The van der Waals surface area contributed by atoms with Crippen LogP contribution in [0.2, 0.25) is 0 Å². The number of hydrogen-bond donors (Lipinski definition) is 2. The van der Waals surface area contributed by atoms with Crippen LogP contribution in [0.5, 0.6) is 0 Å². The van der Waals surface area contributed by atoms with Crippen LogP contribution in [0.25, 0.3) is 0 Å². The van der Waals surface area contributed by atoms with Gasteiger partial charge in [0.15, 0.2) is 0 Å². The fourth-order valence-electron chi connectivity index (χ4n) is 0.958. The topological polar surface area (TPSA) is 63.3 Å². The lowest BCUT2D eigenvalue weighted by Gasteiger charge is -2.10. The molecule has 0 aliphatic rings. The van der Waals surface area contributed by atoms with Gasteiger partial charge in [-0.15, -0.1) is 0 Å². The molecule has 1 rings (SSSR count). The third-order valence-electron chi connectivity index (χ3n) is 1.69. The molecule has 0 fully saturated rings. The molecular weight excluding hydrogens is 326 g/mol. The molecular formula is C8H5F3INO2. The van der Waals surface area contributed by atoms with E-state index in [0.29, 0.717) is 6.07 Å². The van der Waals surface area contributed by atoms with Crippen LogP contribution in [0.4, 0.5) is 18.9 Å². The maximum absolute atomic E-state index is 12.3. The molecule has 0 saturated carbocycles. The Kier molecular flexibility index (Phi) is 3.12. The molecule has 0 aliphatic heterocycles. The molecule has 82 valence electrons. The average molecular weight is 331 g/mol. The Balaban J connectivity index is 3.43. The Morgan fingerprint density at radius 2 is 1.93 bits per heavy atom. The average Bonchev–Trinajstić information content (AvgIpc) is 2.06. The van der Waals surface area contributed by atoms with Gasteiger partial charge in [0.2, 0.25) is 0 Å². The van der Waals surface area contributed by atoms with Gasteiger partial charge in [0, 0.05) is 3.57 Å². The summed E-state index contributed by atoms with van der Waals surface area (Å²) in [5.74, 6) is -1.48. The second kappa shape index (κ2) is 3.87. The number of carbonyl (C=O) groups is 1. The highest BCUT2D eigenvalue weighted by molar-refractivity contribution is 14.1. The van der Waals surface area contributed by atoms with Gasteiger partial charge in [-0.2, -0.15) is 13.2 Å². The van der Waals surface area contributed by atoms with Crippen molar-refractivity contribution in [1.82, 2.24) is 0 Å². The first-order valence-corrected chi connectivity index (χ1v) is 4.71. The van der Waals surface area contributed by atoms with Gasteiger partial charge >= 0.3 is 12.1 Å². The molecule has 0 aromatic heterocycles. The number of anilines is 1. The number of nitrogen functional groups attached to an aromatic ring is 1. The fraction of sp³-hybridized carbons (Fsp3) is 0.125. The Hall–Kier alpha value is -0.990. The smallest absolute Gasteiger partial charge is 0.416 e. The van der Waals surface area contributed by atoms with Crippen molar-refractivity contribution in [3.63, 3.8) is 0 Å². The number of aromatic carboxylic acids is 1. The van der Waals surface area contributed by atoms with Gasteiger partial charge in [-0.25, -0.2) is 4.79 Å². The van der Waals surface area contributed by atoms with Crippen LogP contribution >= 0.6 is 22.6 Å². The second-order valence-corrected chi connectivity index (χ2v) is 3.88. The summed E-state index contributed by atoms with van der Waals surface area (Å²) < 4.78 is 37.0. The third kappa shape index (κ3) is 2.52. The Morgan fingerprint density at radius 1 is 1.40 bits per heavy atom. The zero-order valence-electron chi connectivity index (χ0n) is 7.10. The standard InChI is InChI=1S/C8H5F3INO2/c9-8(10,11)3-1-4(7(14)15)6(13)5(12)2-3/h1-2H,13H2,(H,14,15). The highest BCUT2D eigenvalue weighted by Crippen LogP contribution is 2.33. The Labute approximate surface area is 96.2 Å². The van der Waals surface area contributed by atoms with Crippen molar-refractivity contribution < 1.29 is 23.1 Å².